The Hall–Kier alpha value is -2.16. The van der Waals surface area contributed by atoms with Gasteiger partial charge in [0.25, 0.3) is 0 Å². The number of carbonyl (C=O) groups excluding carboxylic acids is 1. The van der Waals surface area contributed by atoms with E-state index in [0.29, 0.717) is 11.7 Å². The van der Waals surface area contributed by atoms with Gasteiger partial charge in [-0.05, 0) is 67.3 Å². The van der Waals surface area contributed by atoms with Crippen LogP contribution in [0.5, 0.6) is 5.75 Å². The minimum absolute atomic E-state index is 0.00716. The molecule has 1 aliphatic carbocycles. The molecule has 0 saturated heterocycles. The highest BCUT2D eigenvalue weighted by Gasteiger charge is 2.23. The molecule has 1 aliphatic rings. The van der Waals surface area contributed by atoms with Crippen molar-refractivity contribution in [2.75, 3.05) is 0 Å². The van der Waals surface area contributed by atoms with Crippen LogP contribution in [0, 0.1) is 11.7 Å². The van der Waals surface area contributed by atoms with Crippen LogP contribution in [-0.4, -0.2) is 5.97 Å². The smallest absolute Gasteiger partial charge is 0.346 e. The van der Waals surface area contributed by atoms with E-state index in [0.717, 1.165) is 24.3 Å². The van der Waals surface area contributed by atoms with Crippen molar-refractivity contribution in [3.8, 4) is 5.75 Å². The predicted molar refractivity (Wildman–Crippen MR) is 97.4 cm³/mol. The van der Waals surface area contributed by atoms with Crippen LogP contribution in [0.3, 0.4) is 0 Å². The van der Waals surface area contributed by atoms with Crippen molar-refractivity contribution < 1.29 is 13.9 Å². The van der Waals surface area contributed by atoms with Gasteiger partial charge in [-0.25, -0.2) is 9.18 Å². The molecule has 25 heavy (non-hydrogen) atoms. The number of ether oxygens (including phenoxy) is 1. The third-order valence-corrected chi connectivity index (χ3v) is 5.18. The molecule has 0 N–H and O–H groups in total. The van der Waals surface area contributed by atoms with E-state index in [1.54, 1.807) is 30.3 Å². The molecule has 0 radical (unpaired) electrons. The van der Waals surface area contributed by atoms with Gasteiger partial charge in [0.15, 0.2) is 0 Å². The minimum atomic E-state index is -0.651. The summed E-state index contributed by atoms with van der Waals surface area (Å²) in [6.45, 7) is 2.23. The second-order valence-corrected chi connectivity index (χ2v) is 6.95. The van der Waals surface area contributed by atoms with Gasteiger partial charge in [0.2, 0.25) is 0 Å². The van der Waals surface area contributed by atoms with Crippen LogP contribution in [-0.2, 0) is 0 Å². The largest absolute Gasteiger partial charge is 0.423 e. The normalized spacial score (nSPS) is 20.2. The predicted octanol–water partition coefficient (Wildman–Crippen LogP) is 6.12. The summed E-state index contributed by atoms with van der Waals surface area (Å²) in [6.07, 6.45) is 7.19. The molecule has 0 spiro atoms. The van der Waals surface area contributed by atoms with Gasteiger partial charge in [0.05, 0.1) is 5.56 Å². The maximum absolute atomic E-state index is 14.5. The lowest BCUT2D eigenvalue weighted by atomic mass is 9.77. The number of benzene rings is 2. The summed E-state index contributed by atoms with van der Waals surface area (Å²) in [4.78, 5) is 12.2. The van der Waals surface area contributed by atoms with Crippen LogP contribution in [0.1, 0.15) is 67.3 Å². The van der Waals surface area contributed by atoms with E-state index in [9.17, 15) is 9.18 Å². The molecule has 0 amide bonds. The Kier molecular flexibility index (Phi) is 5.85. The lowest BCUT2D eigenvalue weighted by molar-refractivity contribution is 0.0730. The lowest BCUT2D eigenvalue weighted by Crippen LogP contribution is -2.15. The quantitative estimate of drug-likeness (QED) is 0.484. The van der Waals surface area contributed by atoms with E-state index in [-0.39, 0.29) is 5.56 Å². The molecule has 3 rings (SSSR count). The molecular weight excluding hydrogens is 315 g/mol. The van der Waals surface area contributed by atoms with Crippen LogP contribution in [0.15, 0.2) is 48.5 Å². The van der Waals surface area contributed by atoms with Crippen molar-refractivity contribution in [1.29, 1.82) is 0 Å². The van der Waals surface area contributed by atoms with Gasteiger partial charge in [-0.1, -0.05) is 44.0 Å². The van der Waals surface area contributed by atoms with E-state index in [4.69, 9.17) is 4.74 Å². The Morgan fingerprint density at radius 2 is 1.80 bits per heavy atom. The molecule has 0 atom stereocenters. The Balaban J connectivity index is 1.66. The number of halogens is 1. The fourth-order valence-corrected chi connectivity index (χ4v) is 3.79. The molecule has 2 aromatic rings. The van der Waals surface area contributed by atoms with Gasteiger partial charge >= 0.3 is 5.97 Å². The summed E-state index contributed by atoms with van der Waals surface area (Å²) in [5, 5.41) is 0. The highest BCUT2D eigenvalue weighted by atomic mass is 19.1. The zero-order chi connectivity index (χ0) is 17.6. The minimum Gasteiger partial charge on any atom is -0.423 e. The Bertz CT molecular complexity index is 703. The molecule has 2 nitrogen and oxygen atoms in total. The van der Waals surface area contributed by atoms with E-state index in [2.05, 4.69) is 6.92 Å². The van der Waals surface area contributed by atoms with Crippen molar-refractivity contribution in [3.63, 3.8) is 0 Å². The summed E-state index contributed by atoms with van der Waals surface area (Å²) in [7, 11) is 0. The topological polar surface area (TPSA) is 26.3 Å². The highest BCUT2D eigenvalue weighted by molar-refractivity contribution is 5.91. The summed E-state index contributed by atoms with van der Waals surface area (Å²) in [5.41, 5.74) is 0.996. The maximum atomic E-state index is 14.5. The number of carbonyl (C=O) groups is 1. The number of esters is 1. The van der Waals surface area contributed by atoms with Gasteiger partial charge in [0.1, 0.15) is 11.6 Å². The van der Waals surface area contributed by atoms with Crippen molar-refractivity contribution in [2.24, 2.45) is 5.92 Å². The van der Waals surface area contributed by atoms with Crippen LogP contribution in [0.25, 0.3) is 0 Å². The first kappa shape index (κ1) is 17.7. The molecule has 0 aromatic heterocycles. The van der Waals surface area contributed by atoms with E-state index in [1.165, 1.54) is 31.7 Å². The van der Waals surface area contributed by atoms with E-state index < -0.39 is 11.8 Å². The summed E-state index contributed by atoms with van der Waals surface area (Å²) in [5.74, 6) is 0.509. The number of para-hydroxylation sites is 1. The average molecular weight is 340 g/mol. The highest BCUT2D eigenvalue weighted by Crippen LogP contribution is 2.37. The molecule has 0 bridgehead atoms. The van der Waals surface area contributed by atoms with E-state index in [1.807, 2.05) is 12.1 Å². The van der Waals surface area contributed by atoms with Crippen LogP contribution in [0.4, 0.5) is 4.39 Å². The molecule has 132 valence electrons. The van der Waals surface area contributed by atoms with Gasteiger partial charge < -0.3 is 4.74 Å². The molecule has 0 unspecified atom stereocenters. The summed E-state index contributed by atoms with van der Waals surface area (Å²) in [6, 6.07) is 13.7. The van der Waals surface area contributed by atoms with Crippen molar-refractivity contribution in [2.45, 2.75) is 51.4 Å². The molecule has 3 heteroatoms. The molecular formula is C22H25FO2. The fraction of sp³-hybridized carbons (Fsp3) is 0.409. The first-order valence-corrected chi connectivity index (χ1v) is 9.24. The average Bonchev–Trinajstić information content (AvgIpc) is 2.63. The third-order valence-electron chi connectivity index (χ3n) is 5.18. The van der Waals surface area contributed by atoms with Crippen molar-refractivity contribution >= 4 is 5.97 Å². The molecule has 1 saturated carbocycles. The SMILES string of the molecule is CCCC1CCC(c2ccc(C(=O)Oc3ccccc3)c(F)c2)CC1. The number of rotatable bonds is 5. The molecule has 0 heterocycles. The number of hydrogen-bond donors (Lipinski definition) is 0. The van der Waals surface area contributed by atoms with Crippen LogP contribution < -0.4 is 4.74 Å². The lowest BCUT2D eigenvalue weighted by Gasteiger charge is -2.28. The first-order chi connectivity index (χ1) is 12.2. The van der Waals surface area contributed by atoms with Crippen molar-refractivity contribution in [1.82, 2.24) is 0 Å². The van der Waals surface area contributed by atoms with Crippen LogP contribution >= 0.6 is 0 Å². The summed E-state index contributed by atoms with van der Waals surface area (Å²) >= 11 is 0. The number of hydrogen-bond acceptors (Lipinski definition) is 2. The fourth-order valence-electron chi connectivity index (χ4n) is 3.79. The zero-order valence-electron chi connectivity index (χ0n) is 14.7. The second kappa shape index (κ2) is 8.28. The zero-order valence-corrected chi connectivity index (χ0v) is 14.7. The van der Waals surface area contributed by atoms with Gasteiger partial charge in [-0.3, -0.25) is 0 Å². The van der Waals surface area contributed by atoms with Gasteiger partial charge in [0, 0.05) is 0 Å². The van der Waals surface area contributed by atoms with Crippen LogP contribution in [0.2, 0.25) is 0 Å². The Morgan fingerprint density at radius 1 is 1.08 bits per heavy atom. The maximum Gasteiger partial charge on any atom is 0.346 e. The van der Waals surface area contributed by atoms with Gasteiger partial charge in [-0.15, -0.1) is 0 Å². The van der Waals surface area contributed by atoms with Crippen molar-refractivity contribution in [3.05, 3.63) is 65.5 Å². The second-order valence-electron chi connectivity index (χ2n) is 6.95. The molecule has 2 aromatic carbocycles. The third kappa shape index (κ3) is 4.47. The summed E-state index contributed by atoms with van der Waals surface area (Å²) < 4.78 is 19.7. The monoisotopic (exact) mass is 340 g/mol. The first-order valence-electron chi connectivity index (χ1n) is 9.24. The van der Waals surface area contributed by atoms with E-state index >= 15 is 0 Å². The Labute approximate surface area is 149 Å². The van der Waals surface area contributed by atoms with Gasteiger partial charge in [-0.2, -0.15) is 0 Å². The molecule has 1 fully saturated rings. The molecule has 0 aliphatic heterocycles. The Morgan fingerprint density at radius 3 is 2.44 bits per heavy atom. The standard InChI is InChI=1S/C22H25FO2/c1-2-6-16-9-11-17(12-10-16)18-13-14-20(21(23)15-18)22(24)25-19-7-4-3-5-8-19/h3-5,7-8,13-17H,2,6,9-12H2,1H3.